The van der Waals surface area contributed by atoms with E-state index in [1.54, 1.807) is 0 Å². The molecule has 26 heavy (non-hydrogen) atoms. The van der Waals surface area contributed by atoms with E-state index in [1.807, 2.05) is 24.3 Å². The van der Waals surface area contributed by atoms with Crippen molar-refractivity contribution in [1.29, 1.82) is 5.26 Å². The predicted octanol–water partition coefficient (Wildman–Crippen LogP) is 2.79. The van der Waals surface area contributed by atoms with Crippen LogP contribution in [-0.4, -0.2) is 39.0 Å². The Kier molecular flexibility index (Phi) is 7.34. The van der Waals surface area contributed by atoms with Gasteiger partial charge in [0.15, 0.2) is 0 Å². The van der Waals surface area contributed by atoms with Crippen LogP contribution in [0.2, 0.25) is 0 Å². The fourth-order valence-electron chi connectivity index (χ4n) is 2.95. The van der Waals surface area contributed by atoms with Gasteiger partial charge in [-0.25, -0.2) is 13.1 Å². The molecule has 2 rings (SSSR count). The average Bonchev–Trinajstić information content (AvgIpc) is 2.67. The molecule has 2 aromatic rings. The van der Waals surface area contributed by atoms with Gasteiger partial charge in [0.2, 0.25) is 10.0 Å². The van der Waals surface area contributed by atoms with Crippen molar-refractivity contribution in [3.8, 4) is 6.07 Å². The SMILES string of the molecule is CCN(CC)C(CNS(=O)(=O)c1ccc(C#N)cc1)Cc1ccccc1. The second-order valence-corrected chi connectivity index (χ2v) is 7.82. The monoisotopic (exact) mass is 371 g/mol. The van der Waals surface area contributed by atoms with Crippen molar-refractivity contribution in [1.82, 2.24) is 9.62 Å². The zero-order valence-corrected chi connectivity index (χ0v) is 16.0. The summed E-state index contributed by atoms with van der Waals surface area (Å²) < 4.78 is 27.9. The van der Waals surface area contributed by atoms with Crippen molar-refractivity contribution >= 4 is 10.0 Å². The van der Waals surface area contributed by atoms with Crippen LogP contribution in [0.4, 0.5) is 0 Å². The summed E-state index contributed by atoms with van der Waals surface area (Å²) >= 11 is 0. The summed E-state index contributed by atoms with van der Waals surface area (Å²) in [6.45, 7) is 6.20. The highest BCUT2D eigenvalue weighted by atomic mass is 32.2. The van der Waals surface area contributed by atoms with Gasteiger partial charge in [0.1, 0.15) is 0 Å². The molecule has 0 saturated heterocycles. The fourth-order valence-corrected chi connectivity index (χ4v) is 4.03. The van der Waals surface area contributed by atoms with Crippen molar-refractivity contribution in [2.75, 3.05) is 19.6 Å². The Labute approximate surface area is 156 Å². The lowest BCUT2D eigenvalue weighted by molar-refractivity contribution is 0.216. The van der Waals surface area contributed by atoms with E-state index in [-0.39, 0.29) is 10.9 Å². The Morgan fingerprint density at radius 2 is 1.65 bits per heavy atom. The zero-order valence-electron chi connectivity index (χ0n) is 15.2. The third-order valence-electron chi connectivity index (χ3n) is 4.45. The molecule has 5 nitrogen and oxygen atoms in total. The van der Waals surface area contributed by atoms with E-state index in [0.717, 1.165) is 19.5 Å². The van der Waals surface area contributed by atoms with E-state index in [2.05, 4.69) is 35.6 Å². The largest absolute Gasteiger partial charge is 0.299 e. The van der Waals surface area contributed by atoms with E-state index in [9.17, 15) is 8.42 Å². The van der Waals surface area contributed by atoms with Crippen LogP contribution in [0.1, 0.15) is 25.0 Å². The molecule has 0 radical (unpaired) electrons. The molecule has 0 amide bonds. The van der Waals surface area contributed by atoms with Gasteiger partial charge in [0.05, 0.1) is 16.5 Å². The van der Waals surface area contributed by atoms with E-state index < -0.39 is 10.0 Å². The van der Waals surface area contributed by atoms with Gasteiger partial charge in [0, 0.05) is 12.6 Å². The van der Waals surface area contributed by atoms with Crippen LogP contribution in [0.3, 0.4) is 0 Å². The van der Waals surface area contributed by atoms with Crippen LogP contribution in [0, 0.1) is 11.3 Å². The molecule has 138 valence electrons. The molecule has 0 aromatic heterocycles. The van der Waals surface area contributed by atoms with Crippen molar-refractivity contribution in [2.45, 2.75) is 31.2 Å². The average molecular weight is 372 g/mol. The quantitative estimate of drug-likeness (QED) is 0.736. The highest BCUT2D eigenvalue weighted by Crippen LogP contribution is 2.12. The molecule has 1 atom stereocenters. The molecule has 1 N–H and O–H groups in total. The molecular formula is C20H25N3O2S. The molecule has 6 heteroatoms. The van der Waals surface area contributed by atoms with Crippen LogP contribution in [-0.2, 0) is 16.4 Å². The molecule has 0 aliphatic rings. The van der Waals surface area contributed by atoms with E-state index >= 15 is 0 Å². The molecule has 0 heterocycles. The fraction of sp³-hybridized carbons (Fsp3) is 0.350. The lowest BCUT2D eigenvalue weighted by Gasteiger charge is -2.30. The summed E-state index contributed by atoms with van der Waals surface area (Å²) in [6, 6.07) is 18.1. The first-order valence-electron chi connectivity index (χ1n) is 8.78. The molecule has 0 spiro atoms. The Balaban J connectivity index is 2.12. The predicted molar refractivity (Wildman–Crippen MR) is 103 cm³/mol. The van der Waals surface area contributed by atoms with Gasteiger partial charge in [-0.2, -0.15) is 5.26 Å². The minimum atomic E-state index is -3.61. The van der Waals surface area contributed by atoms with Crippen molar-refractivity contribution in [3.05, 3.63) is 65.7 Å². The van der Waals surface area contributed by atoms with Gasteiger partial charge in [-0.15, -0.1) is 0 Å². The maximum absolute atomic E-state index is 12.6. The van der Waals surface area contributed by atoms with E-state index in [0.29, 0.717) is 12.1 Å². The van der Waals surface area contributed by atoms with Crippen LogP contribution in [0.5, 0.6) is 0 Å². The number of hydrogen-bond donors (Lipinski definition) is 1. The van der Waals surface area contributed by atoms with Crippen molar-refractivity contribution in [2.24, 2.45) is 0 Å². The van der Waals surface area contributed by atoms with Gasteiger partial charge >= 0.3 is 0 Å². The van der Waals surface area contributed by atoms with Gasteiger partial charge in [-0.05, 0) is 49.3 Å². The molecule has 0 bridgehead atoms. The van der Waals surface area contributed by atoms with E-state index in [1.165, 1.54) is 29.8 Å². The number of rotatable bonds is 9. The summed E-state index contributed by atoms with van der Waals surface area (Å²) in [5.41, 5.74) is 1.62. The van der Waals surface area contributed by atoms with Crippen LogP contribution < -0.4 is 4.72 Å². The molecule has 1 unspecified atom stereocenters. The normalized spacial score (nSPS) is 12.7. The smallest absolute Gasteiger partial charge is 0.240 e. The number of sulfonamides is 1. The third kappa shape index (κ3) is 5.40. The topological polar surface area (TPSA) is 73.2 Å². The molecule has 0 fully saturated rings. The maximum Gasteiger partial charge on any atom is 0.240 e. The van der Waals surface area contributed by atoms with Crippen LogP contribution in [0.15, 0.2) is 59.5 Å². The number of nitrogens with one attached hydrogen (secondary N) is 1. The zero-order chi connectivity index (χ0) is 19.0. The molecular weight excluding hydrogens is 346 g/mol. The van der Waals surface area contributed by atoms with Gasteiger partial charge in [0.25, 0.3) is 0 Å². The van der Waals surface area contributed by atoms with Crippen molar-refractivity contribution < 1.29 is 8.42 Å². The van der Waals surface area contributed by atoms with E-state index in [4.69, 9.17) is 5.26 Å². The Morgan fingerprint density at radius 3 is 2.19 bits per heavy atom. The Bertz CT molecular complexity index is 824. The van der Waals surface area contributed by atoms with Crippen LogP contribution >= 0.6 is 0 Å². The second kappa shape index (κ2) is 9.48. The highest BCUT2D eigenvalue weighted by Gasteiger charge is 2.21. The molecule has 0 aliphatic heterocycles. The summed E-state index contributed by atoms with van der Waals surface area (Å²) in [5.74, 6) is 0. The lowest BCUT2D eigenvalue weighted by Crippen LogP contribution is -2.45. The number of hydrogen-bond acceptors (Lipinski definition) is 4. The number of nitrogens with zero attached hydrogens (tertiary/aromatic N) is 2. The van der Waals surface area contributed by atoms with Crippen molar-refractivity contribution in [3.63, 3.8) is 0 Å². The highest BCUT2D eigenvalue weighted by molar-refractivity contribution is 7.89. The molecule has 2 aromatic carbocycles. The van der Waals surface area contributed by atoms with Gasteiger partial charge in [-0.3, -0.25) is 4.90 Å². The number of nitriles is 1. The summed E-state index contributed by atoms with van der Waals surface area (Å²) in [6.07, 6.45) is 0.776. The molecule has 0 saturated carbocycles. The lowest BCUT2D eigenvalue weighted by atomic mass is 10.0. The van der Waals surface area contributed by atoms with Gasteiger partial charge in [-0.1, -0.05) is 44.2 Å². The first kappa shape index (κ1) is 20.1. The minimum Gasteiger partial charge on any atom is -0.299 e. The third-order valence-corrected chi connectivity index (χ3v) is 5.89. The maximum atomic E-state index is 12.6. The Hall–Kier alpha value is -2.20. The van der Waals surface area contributed by atoms with Crippen LogP contribution in [0.25, 0.3) is 0 Å². The minimum absolute atomic E-state index is 0.0700. The summed E-state index contributed by atoms with van der Waals surface area (Å²) in [7, 11) is -3.61. The standard InChI is InChI=1S/C20H25N3O2S/c1-3-23(4-2)19(14-17-8-6-5-7-9-17)16-22-26(24,25)20-12-10-18(15-21)11-13-20/h5-13,19,22H,3-4,14,16H2,1-2H3. The number of benzene rings is 2. The first-order chi connectivity index (χ1) is 12.5. The summed E-state index contributed by atoms with van der Waals surface area (Å²) in [4.78, 5) is 2.43. The number of likely N-dealkylation sites (N-methyl/N-ethyl adjacent to an activating group) is 1. The van der Waals surface area contributed by atoms with Gasteiger partial charge < -0.3 is 0 Å². The summed E-state index contributed by atoms with van der Waals surface area (Å²) in [5, 5.41) is 8.84. The Morgan fingerprint density at radius 1 is 1.04 bits per heavy atom. The first-order valence-corrected chi connectivity index (χ1v) is 10.3. The molecule has 0 aliphatic carbocycles. The second-order valence-electron chi connectivity index (χ2n) is 6.05.